The smallest absolute Gasteiger partial charge is 0.119 e. The van der Waals surface area contributed by atoms with Crippen LogP contribution in [0.1, 0.15) is 172 Å². The lowest BCUT2D eigenvalue weighted by atomic mass is 10.0. The Labute approximate surface area is 272 Å². The number of rotatable bonds is 28. The van der Waals surface area contributed by atoms with Crippen molar-refractivity contribution in [2.45, 2.75) is 162 Å². The summed E-state index contributed by atoms with van der Waals surface area (Å²) in [5.74, 6) is 0.950. The lowest BCUT2D eigenvalue weighted by molar-refractivity contribution is 0.304. The largest absolute Gasteiger partial charge is 0.494 e. The van der Waals surface area contributed by atoms with E-state index in [0.29, 0.717) is 0 Å². The van der Waals surface area contributed by atoms with Crippen LogP contribution in [0.4, 0.5) is 0 Å². The van der Waals surface area contributed by atoms with E-state index in [-0.39, 0.29) is 0 Å². The van der Waals surface area contributed by atoms with Crippen molar-refractivity contribution in [1.82, 2.24) is 0 Å². The number of ether oxygens (including phenoxy) is 1. The van der Waals surface area contributed by atoms with Crippen LogP contribution >= 0.6 is 12.2 Å². The summed E-state index contributed by atoms with van der Waals surface area (Å²) in [5, 5.41) is 0. The second-order valence-electron chi connectivity index (χ2n) is 12.6. The summed E-state index contributed by atoms with van der Waals surface area (Å²) < 4.78 is 6.05. The molecule has 2 rings (SSSR count). The van der Waals surface area contributed by atoms with Gasteiger partial charge in [-0.1, -0.05) is 197 Å². The molecule has 0 aliphatic heterocycles. The zero-order chi connectivity index (χ0) is 30.6. The fourth-order valence-corrected chi connectivity index (χ4v) is 5.94. The van der Waals surface area contributed by atoms with E-state index in [4.69, 9.17) is 17.0 Å². The Bertz CT molecular complexity index is 960. The minimum atomic E-state index is 0.801. The van der Waals surface area contributed by atoms with Crippen molar-refractivity contribution >= 4 is 23.2 Å². The van der Waals surface area contributed by atoms with Crippen molar-refractivity contribution in [3.8, 4) is 5.75 Å². The summed E-state index contributed by atoms with van der Waals surface area (Å²) in [7, 11) is 0. The first-order chi connectivity index (χ1) is 21.2. The number of hydrogen-bond donors (Lipinski definition) is 0. The molecule has 0 saturated heterocycles. The minimum Gasteiger partial charge on any atom is -0.494 e. The SMILES string of the molecule is CCCCCCCCCCCCCCCCCCCCCCOc1cccc(C=CC(=S)c2ccc(CCCC)cc2)c1. The molecule has 0 radical (unpaired) electrons. The first kappa shape index (κ1) is 37.3. The van der Waals surface area contributed by atoms with Gasteiger partial charge in [0, 0.05) is 4.86 Å². The third kappa shape index (κ3) is 19.9. The summed E-state index contributed by atoms with van der Waals surface area (Å²) in [5.41, 5.74) is 3.63. The first-order valence-corrected chi connectivity index (χ1v) is 18.7. The average Bonchev–Trinajstić information content (AvgIpc) is 3.03. The normalized spacial score (nSPS) is 11.4. The van der Waals surface area contributed by atoms with Gasteiger partial charge in [-0.25, -0.2) is 0 Å². The van der Waals surface area contributed by atoms with Gasteiger partial charge in [-0.15, -0.1) is 0 Å². The van der Waals surface area contributed by atoms with Gasteiger partial charge in [-0.2, -0.15) is 0 Å². The van der Waals surface area contributed by atoms with Gasteiger partial charge in [0.05, 0.1) is 6.61 Å². The molecule has 0 fully saturated rings. The van der Waals surface area contributed by atoms with Gasteiger partial charge in [0.15, 0.2) is 0 Å². The number of thiocarbonyl (C=S) groups is 1. The lowest BCUT2D eigenvalue weighted by Crippen LogP contribution is -1.97. The third-order valence-corrected chi connectivity index (χ3v) is 8.98. The van der Waals surface area contributed by atoms with E-state index in [0.717, 1.165) is 41.2 Å². The predicted molar refractivity (Wildman–Crippen MR) is 196 cm³/mol. The molecule has 0 unspecified atom stereocenters. The summed E-state index contributed by atoms with van der Waals surface area (Å²) >= 11 is 5.66. The van der Waals surface area contributed by atoms with E-state index in [1.807, 2.05) is 6.08 Å². The second kappa shape index (κ2) is 26.5. The summed E-state index contributed by atoms with van der Waals surface area (Å²) in [4.78, 5) is 0.873. The van der Waals surface area contributed by atoms with E-state index in [2.05, 4.69) is 68.5 Å². The number of unbranched alkanes of at least 4 members (excludes halogenated alkanes) is 20. The maximum Gasteiger partial charge on any atom is 0.119 e. The van der Waals surface area contributed by atoms with Crippen LogP contribution in [0.25, 0.3) is 6.08 Å². The fraction of sp³-hybridized carbons (Fsp3) is 0.634. The van der Waals surface area contributed by atoms with E-state index in [9.17, 15) is 0 Å². The number of allylic oxidation sites excluding steroid dienone is 1. The van der Waals surface area contributed by atoms with E-state index in [1.165, 1.54) is 140 Å². The van der Waals surface area contributed by atoms with Gasteiger partial charge in [0.1, 0.15) is 5.75 Å². The Morgan fingerprint density at radius 2 is 1.07 bits per heavy atom. The molecule has 43 heavy (non-hydrogen) atoms. The van der Waals surface area contributed by atoms with Crippen molar-refractivity contribution in [2.24, 2.45) is 0 Å². The zero-order valence-corrected chi connectivity index (χ0v) is 28.9. The molecular formula is C41H64OS. The Kier molecular flexibility index (Phi) is 22.9. The van der Waals surface area contributed by atoms with Gasteiger partial charge >= 0.3 is 0 Å². The second-order valence-corrected chi connectivity index (χ2v) is 13.1. The van der Waals surface area contributed by atoms with Crippen LogP contribution in [0.2, 0.25) is 0 Å². The number of hydrogen-bond acceptors (Lipinski definition) is 2. The molecule has 2 aromatic rings. The van der Waals surface area contributed by atoms with Gasteiger partial charge in [-0.3, -0.25) is 0 Å². The topological polar surface area (TPSA) is 9.23 Å². The Morgan fingerprint density at radius 1 is 0.581 bits per heavy atom. The highest BCUT2D eigenvalue weighted by atomic mass is 32.1. The molecule has 0 amide bonds. The standard InChI is InChI=1S/C41H64OS/c1-3-5-7-8-9-10-11-12-13-14-15-16-17-18-19-20-21-22-23-24-35-42-40-28-25-27-38(36-40)31-34-41(43)39-32-29-37(30-33-39)26-6-4-2/h25,27-34,36H,3-24,26,35H2,1-2H3. The Morgan fingerprint density at radius 3 is 1.58 bits per heavy atom. The zero-order valence-electron chi connectivity index (χ0n) is 28.1. The quantitative estimate of drug-likeness (QED) is 0.0413. The number of benzene rings is 2. The minimum absolute atomic E-state index is 0.801. The highest BCUT2D eigenvalue weighted by Crippen LogP contribution is 2.18. The van der Waals surface area contributed by atoms with Crippen LogP contribution in [0.5, 0.6) is 5.75 Å². The Balaban J connectivity index is 1.42. The molecule has 2 heteroatoms. The predicted octanol–water partition coefficient (Wildman–Crippen LogP) is 13.7. The van der Waals surface area contributed by atoms with Crippen LogP contribution in [0, 0.1) is 0 Å². The molecule has 0 aliphatic rings. The molecule has 0 aliphatic carbocycles. The van der Waals surface area contributed by atoms with Gasteiger partial charge < -0.3 is 4.74 Å². The van der Waals surface area contributed by atoms with Crippen molar-refractivity contribution in [3.63, 3.8) is 0 Å². The van der Waals surface area contributed by atoms with Crippen LogP contribution in [0.3, 0.4) is 0 Å². The Hall–Kier alpha value is -1.93. The van der Waals surface area contributed by atoms with Crippen molar-refractivity contribution < 1.29 is 4.74 Å². The van der Waals surface area contributed by atoms with Crippen molar-refractivity contribution in [2.75, 3.05) is 6.61 Å². The maximum atomic E-state index is 6.05. The van der Waals surface area contributed by atoms with Crippen LogP contribution in [-0.4, -0.2) is 11.5 Å². The molecule has 1 nitrogen and oxygen atoms in total. The van der Waals surface area contributed by atoms with Crippen LogP contribution < -0.4 is 4.74 Å². The van der Waals surface area contributed by atoms with Crippen LogP contribution in [0.15, 0.2) is 54.6 Å². The summed E-state index contributed by atoms with van der Waals surface area (Å²) in [6, 6.07) is 17.1. The molecule has 0 aromatic heterocycles. The van der Waals surface area contributed by atoms with E-state index >= 15 is 0 Å². The average molecular weight is 605 g/mol. The molecular weight excluding hydrogens is 541 g/mol. The van der Waals surface area contributed by atoms with E-state index < -0.39 is 0 Å². The summed E-state index contributed by atoms with van der Waals surface area (Å²) in [6.45, 7) is 5.33. The highest BCUT2D eigenvalue weighted by molar-refractivity contribution is 7.81. The van der Waals surface area contributed by atoms with Crippen molar-refractivity contribution in [1.29, 1.82) is 0 Å². The molecule has 2 aromatic carbocycles. The molecule has 0 heterocycles. The molecule has 0 atom stereocenters. The van der Waals surface area contributed by atoms with Crippen molar-refractivity contribution in [3.05, 3.63) is 71.3 Å². The van der Waals surface area contributed by atoms with Gasteiger partial charge in [-0.05, 0) is 54.2 Å². The number of aryl methyl sites for hydroxylation is 1. The highest BCUT2D eigenvalue weighted by Gasteiger charge is 2.01. The molecule has 0 N–H and O–H groups in total. The van der Waals surface area contributed by atoms with Gasteiger partial charge in [0.25, 0.3) is 0 Å². The van der Waals surface area contributed by atoms with E-state index in [1.54, 1.807) is 0 Å². The molecule has 240 valence electrons. The molecule has 0 saturated carbocycles. The van der Waals surface area contributed by atoms with Crippen LogP contribution in [-0.2, 0) is 6.42 Å². The fourth-order valence-electron chi connectivity index (χ4n) is 5.74. The monoisotopic (exact) mass is 604 g/mol. The lowest BCUT2D eigenvalue weighted by Gasteiger charge is -2.07. The maximum absolute atomic E-state index is 6.05. The molecule has 0 bridgehead atoms. The first-order valence-electron chi connectivity index (χ1n) is 18.3. The van der Waals surface area contributed by atoms with Gasteiger partial charge in [0.2, 0.25) is 0 Å². The molecule has 0 spiro atoms. The third-order valence-electron chi connectivity index (χ3n) is 8.61. The summed E-state index contributed by atoms with van der Waals surface area (Å²) in [6.07, 6.45) is 35.9.